The molecule has 0 aliphatic rings. The molecule has 1 unspecified atom stereocenters. The summed E-state index contributed by atoms with van der Waals surface area (Å²) in [6.45, 7) is 4.82. The lowest BCUT2D eigenvalue weighted by Crippen LogP contribution is -2.34. The van der Waals surface area contributed by atoms with E-state index in [-0.39, 0.29) is 11.8 Å². The van der Waals surface area contributed by atoms with Crippen molar-refractivity contribution in [1.82, 2.24) is 15.1 Å². The van der Waals surface area contributed by atoms with Crippen LogP contribution in [0.3, 0.4) is 0 Å². The average molecular weight is 224 g/mol. The molecule has 1 amide bonds. The van der Waals surface area contributed by atoms with Crippen molar-refractivity contribution in [2.45, 2.75) is 26.8 Å². The summed E-state index contributed by atoms with van der Waals surface area (Å²) >= 11 is 0. The SMILES string of the molecule is CCC(CN)C(=O)NCc1cn(C)nc1C. The molecule has 1 aromatic rings. The fraction of sp³-hybridized carbons (Fsp3) is 0.636. The quantitative estimate of drug-likeness (QED) is 0.757. The van der Waals surface area contributed by atoms with Crippen molar-refractivity contribution < 1.29 is 4.79 Å². The number of nitrogens with zero attached hydrogens (tertiary/aromatic N) is 2. The fourth-order valence-electron chi connectivity index (χ4n) is 1.61. The van der Waals surface area contributed by atoms with Crippen LogP contribution in [-0.2, 0) is 18.4 Å². The van der Waals surface area contributed by atoms with Gasteiger partial charge in [-0.25, -0.2) is 0 Å². The first kappa shape index (κ1) is 12.7. The summed E-state index contributed by atoms with van der Waals surface area (Å²) in [6, 6.07) is 0. The van der Waals surface area contributed by atoms with Gasteiger partial charge in [-0.05, 0) is 13.3 Å². The Balaban J connectivity index is 2.51. The number of nitrogens with one attached hydrogen (secondary N) is 1. The van der Waals surface area contributed by atoms with E-state index in [1.807, 2.05) is 27.1 Å². The average Bonchev–Trinajstić information content (AvgIpc) is 2.56. The fourth-order valence-corrected chi connectivity index (χ4v) is 1.61. The van der Waals surface area contributed by atoms with Gasteiger partial charge in [0.15, 0.2) is 0 Å². The van der Waals surface area contributed by atoms with Crippen LogP contribution in [0.25, 0.3) is 0 Å². The highest BCUT2D eigenvalue weighted by atomic mass is 16.1. The third-order valence-electron chi connectivity index (χ3n) is 2.72. The Hall–Kier alpha value is -1.36. The minimum Gasteiger partial charge on any atom is -0.352 e. The lowest BCUT2D eigenvalue weighted by atomic mass is 10.1. The lowest BCUT2D eigenvalue weighted by molar-refractivity contribution is -0.124. The summed E-state index contributed by atoms with van der Waals surface area (Å²) in [6.07, 6.45) is 2.69. The van der Waals surface area contributed by atoms with Crippen molar-refractivity contribution in [2.75, 3.05) is 6.54 Å². The van der Waals surface area contributed by atoms with Gasteiger partial charge in [0, 0.05) is 37.8 Å². The largest absolute Gasteiger partial charge is 0.352 e. The van der Waals surface area contributed by atoms with Gasteiger partial charge >= 0.3 is 0 Å². The summed E-state index contributed by atoms with van der Waals surface area (Å²) in [7, 11) is 1.87. The van der Waals surface area contributed by atoms with Gasteiger partial charge in [0.05, 0.1) is 5.69 Å². The van der Waals surface area contributed by atoms with Gasteiger partial charge < -0.3 is 11.1 Å². The molecule has 1 heterocycles. The maximum atomic E-state index is 11.7. The number of aryl methyl sites for hydroxylation is 2. The number of carbonyl (C=O) groups excluding carboxylic acids is 1. The highest BCUT2D eigenvalue weighted by Crippen LogP contribution is 2.05. The molecule has 0 radical (unpaired) electrons. The number of hydrogen-bond acceptors (Lipinski definition) is 3. The van der Waals surface area contributed by atoms with Crippen molar-refractivity contribution in [3.63, 3.8) is 0 Å². The molecule has 90 valence electrons. The minimum atomic E-state index is -0.0861. The molecule has 1 aromatic heterocycles. The minimum absolute atomic E-state index is 0.0215. The van der Waals surface area contributed by atoms with E-state index >= 15 is 0 Å². The van der Waals surface area contributed by atoms with E-state index < -0.39 is 0 Å². The Labute approximate surface area is 96.0 Å². The Morgan fingerprint density at radius 2 is 2.38 bits per heavy atom. The van der Waals surface area contributed by atoms with Crippen LogP contribution in [-0.4, -0.2) is 22.2 Å². The number of amides is 1. The van der Waals surface area contributed by atoms with Gasteiger partial charge in [0.2, 0.25) is 5.91 Å². The molecule has 1 atom stereocenters. The summed E-state index contributed by atoms with van der Waals surface area (Å²) in [5.74, 6) is -0.0646. The van der Waals surface area contributed by atoms with Crippen LogP contribution in [0, 0.1) is 12.8 Å². The van der Waals surface area contributed by atoms with E-state index in [2.05, 4.69) is 10.4 Å². The molecule has 0 spiro atoms. The topological polar surface area (TPSA) is 72.9 Å². The van der Waals surface area contributed by atoms with Crippen molar-refractivity contribution in [2.24, 2.45) is 18.7 Å². The first-order valence-electron chi connectivity index (χ1n) is 5.55. The molecular weight excluding hydrogens is 204 g/mol. The van der Waals surface area contributed by atoms with E-state index in [1.165, 1.54) is 0 Å². The predicted molar refractivity (Wildman–Crippen MR) is 62.6 cm³/mol. The van der Waals surface area contributed by atoms with Crippen LogP contribution in [0.2, 0.25) is 0 Å². The first-order valence-corrected chi connectivity index (χ1v) is 5.55. The molecule has 0 aromatic carbocycles. The summed E-state index contributed by atoms with van der Waals surface area (Å²) in [5, 5.41) is 7.10. The molecule has 16 heavy (non-hydrogen) atoms. The number of nitrogens with two attached hydrogens (primary N) is 1. The van der Waals surface area contributed by atoms with Gasteiger partial charge in [-0.1, -0.05) is 6.92 Å². The van der Waals surface area contributed by atoms with Gasteiger partial charge in [0.25, 0.3) is 0 Å². The van der Waals surface area contributed by atoms with Crippen LogP contribution < -0.4 is 11.1 Å². The molecule has 0 fully saturated rings. The molecule has 0 saturated carbocycles. The van der Waals surface area contributed by atoms with Crippen molar-refractivity contribution in [1.29, 1.82) is 0 Å². The molecule has 0 aliphatic heterocycles. The van der Waals surface area contributed by atoms with Gasteiger partial charge in [-0.3, -0.25) is 9.48 Å². The van der Waals surface area contributed by atoms with Crippen molar-refractivity contribution >= 4 is 5.91 Å². The van der Waals surface area contributed by atoms with Crippen molar-refractivity contribution in [3.8, 4) is 0 Å². The maximum Gasteiger partial charge on any atom is 0.224 e. The van der Waals surface area contributed by atoms with Crippen LogP contribution >= 0.6 is 0 Å². The Bertz CT molecular complexity index is 355. The number of aromatic nitrogens is 2. The summed E-state index contributed by atoms with van der Waals surface area (Å²) in [4.78, 5) is 11.7. The molecule has 0 bridgehead atoms. The van der Waals surface area contributed by atoms with Gasteiger partial charge in [-0.2, -0.15) is 5.10 Å². The number of hydrogen-bond donors (Lipinski definition) is 2. The third kappa shape index (κ3) is 3.06. The second kappa shape index (κ2) is 5.65. The highest BCUT2D eigenvalue weighted by Gasteiger charge is 2.14. The third-order valence-corrected chi connectivity index (χ3v) is 2.72. The lowest BCUT2D eigenvalue weighted by Gasteiger charge is -2.12. The Morgan fingerprint density at radius 3 is 2.81 bits per heavy atom. The van der Waals surface area contributed by atoms with Gasteiger partial charge in [0.1, 0.15) is 0 Å². The zero-order valence-electron chi connectivity index (χ0n) is 10.2. The second-order valence-electron chi connectivity index (χ2n) is 3.97. The van der Waals surface area contributed by atoms with E-state index in [0.29, 0.717) is 13.1 Å². The molecule has 0 saturated heterocycles. The van der Waals surface area contributed by atoms with Crippen LogP contribution in [0.15, 0.2) is 6.20 Å². The molecule has 0 aliphatic carbocycles. The van der Waals surface area contributed by atoms with E-state index in [0.717, 1.165) is 17.7 Å². The smallest absolute Gasteiger partial charge is 0.224 e. The summed E-state index contributed by atoms with van der Waals surface area (Å²) in [5.41, 5.74) is 7.50. The van der Waals surface area contributed by atoms with E-state index in [9.17, 15) is 4.79 Å². The van der Waals surface area contributed by atoms with E-state index in [1.54, 1.807) is 4.68 Å². The molecular formula is C11H20N4O. The molecule has 3 N–H and O–H groups in total. The monoisotopic (exact) mass is 224 g/mol. The zero-order chi connectivity index (χ0) is 12.1. The summed E-state index contributed by atoms with van der Waals surface area (Å²) < 4.78 is 1.75. The predicted octanol–water partition coefficient (Wildman–Crippen LogP) is 0.330. The molecule has 1 rings (SSSR count). The maximum absolute atomic E-state index is 11.7. The first-order chi connectivity index (χ1) is 7.58. The van der Waals surface area contributed by atoms with E-state index in [4.69, 9.17) is 5.73 Å². The zero-order valence-corrected chi connectivity index (χ0v) is 10.2. The van der Waals surface area contributed by atoms with Crippen LogP contribution in [0.5, 0.6) is 0 Å². The number of carbonyl (C=O) groups is 1. The Kier molecular flexibility index (Phi) is 4.49. The van der Waals surface area contributed by atoms with Crippen LogP contribution in [0.4, 0.5) is 0 Å². The van der Waals surface area contributed by atoms with Crippen molar-refractivity contribution in [3.05, 3.63) is 17.5 Å². The molecule has 5 nitrogen and oxygen atoms in total. The highest BCUT2D eigenvalue weighted by molar-refractivity contribution is 5.78. The standard InChI is InChI=1S/C11H20N4O/c1-4-9(5-12)11(16)13-6-10-7-15(3)14-8(10)2/h7,9H,4-6,12H2,1-3H3,(H,13,16). The normalized spacial score (nSPS) is 12.5. The van der Waals surface area contributed by atoms with Crippen LogP contribution in [0.1, 0.15) is 24.6 Å². The number of rotatable bonds is 5. The Morgan fingerprint density at radius 1 is 1.69 bits per heavy atom. The molecule has 5 heteroatoms. The van der Waals surface area contributed by atoms with Gasteiger partial charge in [-0.15, -0.1) is 0 Å². The second-order valence-corrected chi connectivity index (χ2v) is 3.97.